The molecule has 1 saturated carbocycles. The van der Waals surface area contributed by atoms with Crippen LogP contribution in [0.25, 0.3) is 0 Å². The molecule has 264 valence electrons. The minimum Gasteiger partial charge on any atom is -0.449 e. The predicted molar refractivity (Wildman–Crippen MR) is 176 cm³/mol. The third-order valence-corrected chi connectivity index (χ3v) is 8.95. The molecule has 5 N–H and O–H groups in total. The highest BCUT2D eigenvalue weighted by molar-refractivity contribution is 6.24. The van der Waals surface area contributed by atoms with Gasteiger partial charge in [-0.2, -0.15) is 0 Å². The van der Waals surface area contributed by atoms with E-state index in [1.54, 1.807) is 26.0 Å². The van der Waals surface area contributed by atoms with Gasteiger partial charge in [-0.05, 0) is 56.9 Å². The Kier molecular flexibility index (Phi) is 14.3. The smallest absolute Gasteiger partial charge is 0.411 e. The molecule has 3 rings (SSSR count). The molecule has 0 aromatic heterocycles. The lowest BCUT2D eigenvalue weighted by Crippen LogP contribution is -2.39. The topological polar surface area (TPSA) is 193 Å². The van der Waals surface area contributed by atoms with Crippen molar-refractivity contribution in [3.63, 3.8) is 0 Å². The molecule has 0 aromatic rings. The number of nitrogens with two attached hydrogens (primary N) is 1. The second-order valence-corrected chi connectivity index (χ2v) is 12.8. The lowest BCUT2D eigenvalue weighted by molar-refractivity contribution is -0.120. The molecule has 48 heavy (non-hydrogen) atoms. The summed E-state index contributed by atoms with van der Waals surface area (Å²) in [6.45, 7) is 7.04. The number of methoxy groups -OCH3 is 2. The zero-order valence-corrected chi connectivity index (χ0v) is 28.6. The number of primary amides is 1. The van der Waals surface area contributed by atoms with Gasteiger partial charge in [0.25, 0.3) is 5.91 Å². The van der Waals surface area contributed by atoms with Crippen molar-refractivity contribution in [3.8, 4) is 0 Å². The standard InChI is InChI=1S/C35H49N3O10/c1-19-14-24-29(38-35(44)47-18-23-11-7-8-12-23)26(39)17-25(31(24)41)37-33(42)20(2)10-9-13-27(45-5)32(48-34(36)43)22(4)16-21(3)30(40)28(15-19)46-6/h9-10,13,16-17,19,21,23,27-28,30,32,40H,7-8,11-12,14-15,18H2,1-6H3,(H2,36,43)(H,37,42)(H,38,44)/b13-9+,20-10-,22-16+/t19-,21+,27+,28+,30-,32+/m1/s1. The number of nitrogens with one attached hydrogen (secondary N) is 2. The number of amides is 3. The number of ketones is 2. The number of alkyl carbamates (subject to hydrolysis) is 1. The first kappa shape index (κ1) is 38.4. The van der Waals surface area contributed by atoms with Crippen molar-refractivity contribution in [2.75, 3.05) is 20.8 Å². The molecule has 0 spiro atoms. The number of hydrogen-bond donors (Lipinski definition) is 4. The van der Waals surface area contributed by atoms with Crippen molar-refractivity contribution in [1.82, 2.24) is 10.6 Å². The highest BCUT2D eigenvalue weighted by atomic mass is 16.6. The predicted octanol–water partition coefficient (Wildman–Crippen LogP) is 3.68. The minimum atomic E-state index is -1.03. The van der Waals surface area contributed by atoms with Crippen LogP contribution in [0.3, 0.4) is 0 Å². The van der Waals surface area contributed by atoms with Crippen molar-refractivity contribution < 1.29 is 48.0 Å². The van der Waals surface area contributed by atoms with E-state index < -0.39 is 60.0 Å². The van der Waals surface area contributed by atoms with E-state index in [1.807, 2.05) is 6.92 Å². The van der Waals surface area contributed by atoms with E-state index in [4.69, 9.17) is 24.7 Å². The van der Waals surface area contributed by atoms with E-state index in [1.165, 1.54) is 33.3 Å². The van der Waals surface area contributed by atoms with Crippen LogP contribution in [0.2, 0.25) is 0 Å². The van der Waals surface area contributed by atoms with Crippen molar-refractivity contribution in [3.05, 3.63) is 58.5 Å². The van der Waals surface area contributed by atoms with E-state index in [0.717, 1.165) is 31.8 Å². The van der Waals surface area contributed by atoms with Crippen LogP contribution < -0.4 is 16.4 Å². The molecular formula is C35H49N3O10. The van der Waals surface area contributed by atoms with Gasteiger partial charge in [0, 0.05) is 37.4 Å². The molecule has 2 bridgehead atoms. The number of aliphatic hydroxyl groups is 1. The average molecular weight is 672 g/mol. The maximum absolute atomic E-state index is 13.8. The molecule has 0 unspecified atom stereocenters. The zero-order chi connectivity index (χ0) is 35.5. The molecule has 13 heteroatoms. The Morgan fingerprint density at radius 1 is 1.08 bits per heavy atom. The van der Waals surface area contributed by atoms with Gasteiger partial charge >= 0.3 is 12.2 Å². The highest BCUT2D eigenvalue weighted by Gasteiger charge is 2.34. The molecule has 6 atom stereocenters. The van der Waals surface area contributed by atoms with Crippen molar-refractivity contribution in [2.45, 2.75) is 90.6 Å². The van der Waals surface area contributed by atoms with Crippen LogP contribution in [0.5, 0.6) is 0 Å². The van der Waals surface area contributed by atoms with Gasteiger partial charge in [0.15, 0.2) is 6.10 Å². The van der Waals surface area contributed by atoms with Crippen molar-refractivity contribution in [1.29, 1.82) is 0 Å². The fourth-order valence-electron chi connectivity index (χ4n) is 6.23. The van der Waals surface area contributed by atoms with E-state index in [2.05, 4.69) is 10.6 Å². The summed E-state index contributed by atoms with van der Waals surface area (Å²) in [6.07, 6.45) is 6.27. The van der Waals surface area contributed by atoms with Crippen LogP contribution >= 0.6 is 0 Å². The Morgan fingerprint density at radius 2 is 1.77 bits per heavy atom. The average Bonchev–Trinajstić information content (AvgIpc) is 3.56. The lowest BCUT2D eigenvalue weighted by atomic mass is 9.85. The summed E-state index contributed by atoms with van der Waals surface area (Å²) in [5.74, 6) is -2.52. The Balaban J connectivity index is 2.01. The second-order valence-electron chi connectivity index (χ2n) is 12.8. The van der Waals surface area contributed by atoms with Gasteiger partial charge in [0.05, 0.1) is 30.2 Å². The number of carbonyl (C=O) groups is 5. The van der Waals surface area contributed by atoms with Gasteiger partial charge in [-0.3, -0.25) is 19.7 Å². The van der Waals surface area contributed by atoms with Crippen molar-refractivity contribution in [2.24, 2.45) is 23.5 Å². The summed E-state index contributed by atoms with van der Waals surface area (Å²) in [5, 5.41) is 16.3. The maximum atomic E-state index is 13.8. The first-order valence-corrected chi connectivity index (χ1v) is 16.3. The first-order valence-electron chi connectivity index (χ1n) is 16.3. The van der Waals surface area contributed by atoms with Crippen LogP contribution in [0.1, 0.15) is 66.2 Å². The van der Waals surface area contributed by atoms with Crippen LogP contribution in [-0.4, -0.2) is 80.0 Å². The first-order chi connectivity index (χ1) is 22.7. The summed E-state index contributed by atoms with van der Waals surface area (Å²) in [4.78, 5) is 64.8. The number of allylic oxidation sites excluding steroid dienone is 4. The summed E-state index contributed by atoms with van der Waals surface area (Å²) in [7, 11) is 2.87. The van der Waals surface area contributed by atoms with E-state index >= 15 is 0 Å². The molecular weight excluding hydrogens is 622 g/mol. The Hall–Kier alpha value is -4.07. The molecule has 0 aromatic carbocycles. The number of fused-ring (bicyclic) bond motifs is 2. The van der Waals surface area contributed by atoms with Gasteiger partial charge in [-0.1, -0.05) is 51.0 Å². The van der Waals surface area contributed by atoms with Crippen molar-refractivity contribution >= 4 is 29.7 Å². The molecule has 1 aliphatic heterocycles. The third-order valence-electron chi connectivity index (χ3n) is 8.95. The van der Waals surface area contributed by atoms with E-state index in [9.17, 15) is 29.1 Å². The molecule has 3 aliphatic rings. The summed E-state index contributed by atoms with van der Waals surface area (Å²) >= 11 is 0. The number of hydrogen-bond acceptors (Lipinski definition) is 10. The normalized spacial score (nSPS) is 31.1. The molecule has 1 fully saturated rings. The van der Waals surface area contributed by atoms with Gasteiger partial charge in [-0.15, -0.1) is 0 Å². The molecule has 0 saturated heterocycles. The van der Waals surface area contributed by atoms with Crippen LogP contribution in [-0.2, 0) is 33.3 Å². The summed E-state index contributed by atoms with van der Waals surface area (Å²) in [5.41, 5.74) is 5.66. The molecule has 2 aliphatic carbocycles. The van der Waals surface area contributed by atoms with E-state index in [0.29, 0.717) is 5.57 Å². The van der Waals surface area contributed by atoms with Crippen LogP contribution in [0.4, 0.5) is 9.59 Å². The molecule has 0 radical (unpaired) electrons. The summed E-state index contributed by atoms with van der Waals surface area (Å²) < 4.78 is 22.0. The fourth-order valence-corrected chi connectivity index (χ4v) is 6.23. The number of Topliss-reactive ketones (excluding diaryl/α,β-unsaturated/α-hetero) is 1. The third kappa shape index (κ3) is 10.5. The molecule has 1 heterocycles. The quantitative estimate of drug-likeness (QED) is 0.239. The lowest BCUT2D eigenvalue weighted by Gasteiger charge is -2.30. The highest BCUT2D eigenvalue weighted by Crippen LogP contribution is 2.29. The largest absolute Gasteiger partial charge is 0.449 e. The van der Waals surface area contributed by atoms with Gasteiger partial charge < -0.3 is 35.1 Å². The minimum absolute atomic E-state index is 0.00470. The van der Waals surface area contributed by atoms with Gasteiger partial charge in [-0.25, -0.2) is 9.59 Å². The van der Waals surface area contributed by atoms with E-state index in [-0.39, 0.29) is 53.8 Å². The monoisotopic (exact) mass is 671 g/mol. The Morgan fingerprint density at radius 3 is 2.40 bits per heavy atom. The maximum Gasteiger partial charge on any atom is 0.411 e. The van der Waals surface area contributed by atoms with Gasteiger partial charge in [0.1, 0.15) is 6.10 Å². The Bertz CT molecular complexity index is 1390. The second kappa shape index (κ2) is 17.9. The number of ether oxygens (including phenoxy) is 4. The number of aliphatic hydroxyl groups excluding tert-OH is 1. The molecule has 3 amide bonds. The number of carbonyl (C=O) groups excluding carboxylic acids is 5. The Labute approximate surface area is 281 Å². The molecule has 13 nitrogen and oxygen atoms in total. The zero-order valence-electron chi connectivity index (χ0n) is 28.6. The summed E-state index contributed by atoms with van der Waals surface area (Å²) in [6, 6.07) is 0. The fraction of sp³-hybridized carbons (Fsp3) is 0.571. The van der Waals surface area contributed by atoms with Crippen LogP contribution in [0, 0.1) is 17.8 Å². The van der Waals surface area contributed by atoms with Crippen LogP contribution in [0.15, 0.2) is 58.5 Å². The SMILES string of the molecule is CO[C@H]1/C=C/C=C(/C)C(=O)NC2=CC(=O)C(NC(=O)OCC3CCCC3)=C(C[C@@H](C)C[C@H](OC)[C@H](O)[C@@H](C)/C=C(\C)[C@@H]1OC(N)=O)C2=O. The van der Waals surface area contributed by atoms with Gasteiger partial charge in [0.2, 0.25) is 11.6 Å². The number of rotatable bonds is 6.